The molecule has 1 heterocycles. The monoisotopic (exact) mass is 288 g/mol. The summed E-state index contributed by atoms with van der Waals surface area (Å²) < 4.78 is 11.4. The van der Waals surface area contributed by atoms with Crippen molar-refractivity contribution in [1.29, 1.82) is 0 Å². The molecule has 0 aliphatic heterocycles. The molecular weight excluding hydrogens is 268 g/mol. The molecule has 0 bridgehead atoms. The molecule has 0 fully saturated rings. The molecule has 0 radical (unpaired) electrons. The molecule has 0 unspecified atom stereocenters. The second-order valence-corrected chi connectivity index (χ2v) is 10.8. The number of hydrogen-bond donors (Lipinski definition) is 0. The second-order valence-electron chi connectivity index (χ2n) is 5.64. The van der Waals surface area contributed by atoms with E-state index in [9.17, 15) is 0 Å². The van der Waals surface area contributed by atoms with Crippen LogP contribution >= 0.6 is 11.6 Å². The maximum absolute atomic E-state index is 5.98. The molecule has 1 aromatic rings. The first-order valence-corrected chi connectivity index (χ1v) is 9.25. The molecule has 18 heavy (non-hydrogen) atoms. The molecule has 0 spiro atoms. The Hall–Kier alpha value is -0.653. The van der Waals surface area contributed by atoms with Crippen LogP contribution in [0.4, 0.5) is 0 Å². The van der Waals surface area contributed by atoms with Crippen molar-refractivity contribution in [3.8, 4) is 5.88 Å². The van der Waals surface area contributed by atoms with E-state index in [2.05, 4.69) is 43.8 Å². The Kier molecular flexibility index (Phi) is 5.13. The van der Waals surface area contributed by atoms with E-state index in [-0.39, 0.29) is 5.04 Å². The summed E-state index contributed by atoms with van der Waals surface area (Å²) >= 11 is 5.71. The zero-order chi connectivity index (χ0) is 13.8. The third-order valence-corrected chi connectivity index (χ3v) is 7.91. The number of hydrogen-bond acceptors (Lipinski definition) is 4. The Bertz CT molecular complexity index is 394. The lowest BCUT2D eigenvalue weighted by molar-refractivity contribution is 0.198. The van der Waals surface area contributed by atoms with Crippen LogP contribution in [0.5, 0.6) is 5.88 Å². The molecule has 0 atom stereocenters. The highest BCUT2D eigenvalue weighted by Gasteiger charge is 2.36. The van der Waals surface area contributed by atoms with E-state index < -0.39 is 8.32 Å². The molecule has 0 N–H and O–H groups in total. The predicted octanol–water partition coefficient (Wildman–Crippen LogP) is 3.53. The van der Waals surface area contributed by atoms with Crippen LogP contribution in [0.2, 0.25) is 23.3 Å². The minimum atomic E-state index is -1.70. The summed E-state index contributed by atoms with van der Waals surface area (Å²) in [5.74, 6) is 0.432. The zero-order valence-corrected chi connectivity index (χ0v) is 13.4. The van der Waals surface area contributed by atoms with Gasteiger partial charge in [-0.2, -0.15) is 4.98 Å². The molecule has 0 aliphatic carbocycles. The van der Waals surface area contributed by atoms with Gasteiger partial charge in [0, 0.05) is 0 Å². The van der Waals surface area contributed by atoms with Gasteiger partial charge < -0.3 is 9.16 Å². The molecule has 102 valence electrons. The highest BCUT2D eigenvalue weighted by atomic mass is 35.5. The lowest BCUT2D eigenvalue weighted by Gasteiger charge is -2.36. The summed E-state index contributed by atoms with van der Waals surface area (Å²) in [4.78, 5) is 7.89. The van der Waals surface area contributed by atoms with Gasteiger partial charge in [0.25, 0.3) is 0 Å². The van der Waals surface area contributed by atoms with E-state index in [1.165, 1.54) is 12.4 Å². The summed E-state index contributed by atoms with van der Waals surface area (Å²) in [5, 5.41) is 0.542. The van der Waals surface area contributed by atoms with Crippen LogP contribution in [0.3, 0.4) is 0 Å². The van der Waals surface area contributed by atoms with E-state index >= 15 is 0 Å². The maximum atomic E-state index is 5.98. The Labute approximate surface area is 115 Å². The predicted molar refractivity (Wildman–Crippen MR) is 75.7 cm³/mol. The minimum Gasteiger partial charge on any atom is -0.474 e. The Morgan fingerprint density at radius 2 is 1.89 bits per heavy atom. The van der Waals surface area contributed by atoms with Gasteiger partial charge in [-0.3, -0.25) is 4.98 Å². The van der Waals surface area contributed by atoms with Crippen molar-refractivity contribution in [2.75, 3.05) is 13.2 Å². The fraction of sp³-hybridized carbons (Fsp3) is 0.667. The summed E-state index contributed by atoms with van der Waals surface area (Å²) in [6.07, 6.45) is 3.01. The van der Waals surface area contributed by atoms with Crippen molar-refractivity contribution < 1.29 is 9.16 Å². The van der Waals surface area contributed by atoms with Crippen molar-refractivity contribution in [3.63, 3.8) is 0 Å². The normalized spacial score (nSPS) is 12.6. The lowest BCUT2D eigenvalue weighted by Crippen LogP contribution is -2.41. The average molecular weight is 289 g/mol. The van der Waals surface area contributed by atoms with Crippen LogP contribution in [0.1, 0.15) is 20.8 Å². The van der Waals surface area contributed by atoms with E-state index in [0.29, 0.717) is 24.2 Å². The van der Waals surface area contributed by atoms with E-state index in [1.807, 2.05) is 0 Å². The number of rotatable bonds is 5. The Morgan fingerprint density at radius 3 is 2.44 bits per heavy atom. The summed E-state index contributed by atoms with van der Waals surface area (Å²) in [7, 11) is -1.70. The van der Waals surface area contributed by atoms with Crippen molar-refractivity contribution >= 4 is 19.9 Å². The van der Waals surface area contributed by atoms with Gasteiger partial charge in [-0.05, 0) is 18.1 Å². The molecule has 1 rings (SSSR count). The highest BCUT2D eigenvalue weighted by molar-refractivity contribution is 6.74. The smallest absolute Gasteiger partial charge is 0.233 e. The number of halogens is 1. The molecule has 4 nitrogen and oxygen atoms in total. The third-order valence-electron chi connectivity index (χ3n) is 3.19. The largest absolute Gasteiger partial charge is 0.474 e. The van der Waals surface area contributed by atoms with Gasteiger partial charge in [0.2, 0.25) is 5.88 Å². The number of aromatic nitrogens is 2. The van der Waals surface area contributed by atoms with Crippen LogP contribution < -0.4 is 4.74 Å². The second kappa shape index (κ2) is 5.99. The molecule has 0 aromatic carbocycles. The van der Waals surface area contributed by atoms with Crippen LogP contribution in [0, 0.1) is 0 Å². The first-order valence-electron chi connectivity index (χ1n) is 5.97. The van der Waals surface area contributed by atoms with E-state index in [1.54, 1.807) is 0 Å². The van der Waals surface area contributed by atoms with Gasteiger partial charge in [-0.25, -0.2) is 0 Å². The molecular formula is C12H21ClN2O2Si. The van der Waals surface area contributed by atoms with Crippen LogP contribution in [-0.4, -0.2) is 31.5 Å². The average Bonchev–Trinajstić information content (AvgIpc) is 2.23. The fourth-order valence-corrected chi connectivity index (χ4v) is 2.22. The molecule has 0 saturated carbocycles. The van der Waals surface area contributed by atoms with Crippen molar-refractivity contribution in [1.82, 2.24) is 9.97 Å². The Balaban J connectivity index is 2.35. The summed E-state index contributed by atoms with van der Waals surface area (Å²) in [6, 6.07) is 0. The molecule has 0 aliphatic rings. The Morgan fingerprint density at radius 1 is 1.22 bits per heavy atom. The zero-order valence-electron chi connectivity index (χ0n) is 11.7. The fourth-order valence-electron chi connectivity index (χ4n) is 1.05. The number of nitrogens with zero attached hydrogens (tertiary/aromatic N) is 2. The van der Waals surface area contributed by atoms with Crippen LogP contribution in [0.25, 0.3) is 0 Å². The molecule has 1 aromatic heterocycles. The van der Waals surface area contributed by atoms with E-state index in [0.717, 1.165) is 0 Å². The summed E-state index contributed by atoms with van der Waals surface area (Å²) in [5.41, 5.74) is 0. The first kappa shape index (κ1) is 15.4. The maximum Gasteiger partial charge on any atom is 0.233 e. The summed E-state index contributed by atoms with van der Waals surface area (Å²) in [6.45, 7) is 12.1. The molecule has 0 amide bonds. The van der Waals surface area contributed by atoms with Crippen molar-refractivity contribution in [3.05, 3.63) is 17.5 Å². The topological polar surface area (TPSA) is 44.2 Å². The van der Waals surface area contributed by atoms with Gasteiger partial charge in [0.15, 0.2) is 13.5 Å². The van der Waals surface area contributed by atoms with Crippen LogP contribution in [-0.2, 0) is 4.43 Å². The lowest BCUT2D eigenvalue weighted by atomic mass is 10.2. The number of ether oxygens (including phenoxy) is 1. The van der Waals surface area contributed by atoms with Gasteiger partial charge >= 0.3 is 0 Å². The van der Waals surface area contributed by atoms with Crippen molar-refractivity contribution in [2.24, 2.45) is 0 Å². The van der Waals surface area contributed by atoms with Gasteiger partial charge in [-0.15, -0.1) is 0 Å². The quantitative estimate of drug-likeness (QED) is 0.614. The highest BCUT2D eigenvalue weighted by Crippen LogP contribution is 2.36. The van der Waals surface area contributed by atoms with Gasteiger partial charge in [0.05, 0.1) is 19.0 Å². The molecule has 6 heteroatoms. The van der Waals surface area contributed by atoms with Crippen molar-refractivity contribution in [2.45, 2.75) is 38.9 Å². The van der Waals surface area contributed by atoms with Gasteiger partial charge in [0.1, 0.15) is 6.61 Å². The first-order chi connectivity index (χ1) is 8.22. The molecule has 0 saturated heterocycles. The SMILES string of the molecule is CC(C)(C)[Si](C)(C)OCCOc1cncc(Cl)n1. The standard InChI is InChI=1S/C12H21ClN2O2Si/c1-12(2,3)18(4,5)17-7-6-16-11-9-14-8-10(13)15-11/h8-9H,6-7H2,1-5H3. The van der Waals surface area contributed by atoms with Gasteiger partial charge in [-0.1, -0.05) is 32.4 Å². The minimum absolute atomic E-state index is 0.211. The third kappa shape index (κ3) is 4.55. The van der Waals surface area contributed by atoms with E-state index in [4.69, 9.17) is 20.8 Å². The van der Waals surface area contributed by atoms with Crippen LogP contribution in [0.15, 0.2) is 12.4 Å².